The van der Waals surface area contributed by atoms with E-state index in [0.717, 1.165) is 0 Å². The van der Waals surface area contributed by atoms with Crippen LogP contribution in [0.4, 0.5) is 0 Å². The zero-order valence-electron chi connectivity index (χ0n) is 4.63. The van der Waals surface area contributed by atoms with Crippen LogP contribution in [0, 0.1) is 0 Å². The molecule has 0 amide bonds. The van der Waals surface area contributed by atoms with Crippen molar-refractivity contribution in [1.82, 2.24) is 0 Å². The molecule has 1 atom stereocenters. The molecule has 0 spiro atoms. The predicted octanol–water partition coefficient (Wildman–Crippen LogP) is -5.00. The molecule has 0 fully saturated rings. The van der Waals surface area contributed by atoms with E-state index in [1.807, 2.05) is 0 Å². The summed E-state index contributed by atoms with van der Waals surface area (Å²) in [5.74, 6) is -1.13. The van der Waals surface area contributed by atoms with Gasteiger partial charge in [0.1, 0.15) is 0 Å². The third kappa shape index (κ3) is 4.93. The fourth-order valence-corrected chi connectivity index (χ4v) is 0.224. The second kappa shape index (κ2) is 5.91. The molecule has 0 radical (unpaired) electrons. The van der Waals surface area contributed by atoms with Gasteiger partial charge < -0.3 is 15.6 Å². The Balaban J connectivity index is 0. The maximum absolute atomic E-state index is 9.65. The number of rotatable bonds is 2. The van der Waals surface area contributed by atoms with Gasteiger partial charge in [-0.25, -0.2) is 0 Å². The molecule has 0 aromatic heterocycles. The Morgan fingerprint density at radius 1 is 1.88 bits per heavy atom. The molecule has 3 nitrogen and oxygen atoms in total. The molecule has 0 saturated heterocycles. The summed E-state index contributed by atoms with van der Waals surface area (Å²) >= 11 is 3.61. The van der Waals surface area contributed by atoms with E-state index in [2.05, 4.69) is 12.6 Å². The summed E-state index contributed by atoms with van der Waals surface area (Å²) in [6.07, 6.45) is 0. The molecule has 0 rings (SSSR count). The largest absolute Gasteiger partial charge is 1.00 e. The van der Waals surface area contributed by atoms with Crippen LogP contribution in [0.2, 0.25) is 0 Å². The van der Waals surface area contributed by atoms with Crippen molar-refractivity contribution in [2.24, 2.45) is 5.73 Å². The molecule has 2 N–H and O–H groups in total. The summed E-state index contributed by atoms with van der Waals surface area (Å²) < 4.78 is 0. The summed E-state index contributed by atoms with van der Waals surface area (Å²) in [6.45, 7) is 0. The van der Waals surface area contributed by atoms with Gasteiger partial charge in [0, 0.05) is 5.75 Å². The summed E-state index contributed by atoms with van der Waals surface area (Å²) in [4.78, 5) is 9.65. The summed E-state index contributed by atoms with van der Waals surface area (Å²) in [5.41, 5.74) is 4.88. The van der Waals surface area contributed by atoms with Crippen molar-refractivity contribution < 1.29 is 39.5 Å². The zero-order valence-corrected chi connectivity index (χ0v) is 7.52. The van der Waals surface area contributed by atoms with E-state index in [9.17, 15) is 9.90 Å². The van der Waals surface area contributed by atoms with Crippen LogP contribution in [0.25, 0.3) is 0 Å². The van der Waals surface area contributed by atoms with Crippen molar-refractivity contribution in [2.45, 2.75) is 6.04 Å². The van der Waals surface area contributed by atoms with Crippen LogP contribution < -0.4 is 40.4 Å². The van der Waals surface area contributed by atoms with Crippen molar-refractivity contribution in [3.05, 3.63) is 0 Å². The molecule has 8 heavy (non-hydrogen) atoms. The summed E-state index contributed by atoms with van der Waals surface area (Å²) in [7, 11) is 0. The van der Waals surface area contributed by atoms with E-state index in [4.69, 9.17) is 5.73 Å². The van der Waals surface area contributed by atoms with Gasteiger partial charge in [0.05, 0.1) is 12.0 Å². The van der Waals surface area contributed by atoms with Crippen molar-refractivity contribution in [1.29, 1.82) is 0 Å². The van der Waals surface area contributed by atoms with Crippen LogP contribution in [0.15, 0.2) is 0 Å². The zero-order chi connectivity index (χ0) is 5.86. The van der Waals surface area contributed by atoms with Gasteiger partial charge >= 0.3 is 29.6 Å². The fraction of sp³-hybridized carbons (Fsp3) is 0.667. The van der Waals surface area contributed by atoms with Gasteiger partial charge in [0.25, 0.3) is 0 Å². The first-order chi connectivity index (χ1) is 3.18. The van der Waals surface area contributed by atoms with Gasteiger partial charge in [-0.15, -0.1) is 0 Å². The third-order valence-corrected chi connectivity index (χ3v) is 0.893. The Bertz CT molecular complexity index is 79.7. The van der Waals surface area contributed by atoms with Crippen molar-refractivity contribution in [2.75, 3.05) is 5.75 Å². The van der Waals surface area contributed by atoms with Gasteiger partial charge in [0.15, 0.2) is 0 Å². The molecule has 0 aliphatic carbocycles. The average Bonchev–Trinajstić information content (AvgIpc) is 1.65. The van der Waals surface area contributed by atoms with E-state index in [1.165, 1.54) is 0 Å². The van der Waals surface area contributed by atoms with E-state index >= 15 is 0 Å². The van der Waals surface area contributed by atoms with Crippen LogP contribution in [0.5, 0.6) is 0 Å². The maximum atomic E-state index is 9.65. The topological polar surface area (TPSA) is 66.2 Å². The molecular weight excluding hydrogens is 137 g/mol. The SMILES string of the molecule is NC(CS)C(=O)[O-].[Na+]. The van der Waals surface area contributed by atoms with Crippen molar-refractivity contribution >= 4 is 18.6 Å². The minimum absolute atomic E-state index is 0. The van der Waals surface area contributed by atoms with E-state index in [0.29, 0.717) is 0 Å². The normalized spacial score (nSPS) is 11.8. The Labute approximate surface area is 75.3 Å². The molecule has 0 saturated carbocycles. The van der Waals surface area contributed by atoms with Gasteiger partial charge in [-0.3, -0.25) is 0 Å². The molecule has 0 bridgehead atoms. The number of hydrogen-bond donors (Lipinski definition) is 2. The Kier molecular flexibility index (Phi) is 8.54. The second-order valence-electron chi connectivity index (χ2n) is 1.11. The predicted molar refractivity (Wildman–Crippen MR) is 26.8 cm³/mol. The van der Waals surface area contributed by atoms with Crippen LogP contribution in [0.3, 0.4) is 0 Å². The first-order valence-electron chi connectivity index (χ1n) is 1.75. The minimum Gasteiger partial charge on any atom is -0.548 e. The van der Waals surface area contributed by atoms with Gasteiger partial charge in [-0.05, 0) is 0 Å². The Morgan fingerprint density at radius 2 is 2.25 bits per heavy atom. The van der Waals surface area contributed by atoms with E-state index in [1.54, 1.807) is 0 Å². The van der Waals surface area contributed by atoms with E-state index in [-0.39, 0.29) is 35.3 Å². The summed E-state index contributed by atoms with van der Waals surface area (Å²) in [6, 6.07) is -0.927. The number of thiol groups is 1. The third-order valence-electron chi connectivity index (χ3n) is 0.499. The molecule has 0 heterocycles. The Morgan fingerprint density at radius 3 is 2.25 bits per heavy atom. The molecule has 0 aromatic rings. The average molecular weight is 143 g/mol. The number of hydrogen-bond acceptors (Lipinski definition) is 4. The van der Waals surface area contributed by atoms with E-state index < -0.39 is 12.0 Å². The minimum atomic E-state index is -1.25. The van der Waals surface area contributed by atoms with Crippen LogP contribution in [-0.2, 0) is 4.79 Å². The molecule has 0 aliphatic heterocycles. The van der Waals surface area contributed by atoms with Crippen molar-refractivity contribution in [3.63, 3.8) is 0 Å². The van der Waals surface area contributed by atoms with Gasteiger partial charge in [0.2, 0.25) is 0 Å². The van der Waals surface area contributed by atoms with Crippen molar-refractivity contribution in [3.8, 4) is 0 Å². The molecule has 1 unspecified atom stereocenters. The van der Waals surface area contributed by atoms with Crippen LogP contribution >= 0.6 is 12.6 Å². The second-order valence-corrected chi connectivity index (χ2v) is 1.47. The first kappa shape index (κ1) is 11.6. The number of nitrogens with two attached hydrogens (primary N) is 1. The molecule has 42 valence electrons. The number of carboxylic acids is 1. The van der Waals surface area contributed by atoms with Gasteiger partial charge in [-0.2, -0.15) is 12.6 Å². The van der Waals surface area contributed by atoms with Crippen LogP contribution in [-0.4, -0.2) is 17.8 Å². The molecule has 5 heteroatoms. The van der Waals surface area contributed by atoms with Crippen LogP contribution in [0.1, 0.15) is 0 Å². The standard InChI is InChI=1S/C3H7NO2S.Na/c4-2(1-7)3(5)6;/h2,7H,1,4H2,(H,5,6);/q;+1/p-1. The molecular formula is C3H6NNaO2S. The smallest absolute Gasteiger partial charge is 0.548 e. The molecule has 0 aliphatic rings. The summed E-state index contributed by atoms with van der Waals surface area (Å²) in [5, 5.41) is 9.65. The first-order valence-corrected chi connectivity index (χ1v) is 2.39. The number of carboxylic acid groups (broad SMARTS) is 1. The number of carbonyl (C=O) groups is 1. The number of carbonyl (C=O) groups excluding carboxylic acids is 1. The monoisotopic (exact) mass is 143 g/mol. The fourth-order valence-electron chi connectivity index (χ4n) is 0.0745. The Hall–Kier alpha value is 0.780. The van der Waals surface area contributed by atoms with Gasteiger partial charge in [-0.1, -0.05) is 0 Å². The maximum Gasteiger partial charge on any atom is 1.00 e. The molecule has 0 aromatic carbocycles. The quantitative estimate of drug-likeness (QED) is 0.300. The number of aliphatic carboxylic acids is 1.